The lowest BCUT2D eigenvalue weighted by Crippen LogP contribution is -2.71. The van der Waals surface area contributed by atoms with Crippen LogP contribution in [0, 0.1) is 0 Å². The monoisotopic (exact) mass is 360 g/mol. The van der Waals surface area contributed by atoms with Gasteiger partial charge in [-0.1, -0.05) is 12.1 Å². The van der Waals surface area contributed by atoms with Gasteiger partial charge in [0, 0.05) is 4.75 Å². The zero-order chi connectivity index (χ0) is 18.1. The molecule has 0 radical (unpaired) electrons. The SMILES string of the molecule is COC(=O)[C@@H]1N2C(=O)[C@H](N3C(=O)c4ccccc4C3=O)[C@H]2SC1(C)C. The van der Waals surface area contributed by atoms with Crippen LogP contribution in [-0.2, 0) is 14.3 Å². The number of fused-ring (bicyclic) bond motifs is 2. The molecular formula is C17H16N2O5S. The topological polar surface area (TPSA) is 84.0 Å². The summed E-state index contributed by atoms with van der Waals surface area (Å²) in [7, 11) is 1.28. The Morgan fingerprint density at radius 2 is 1.68 bits per heavy atom. The van der Waals surface area contributed by atoms with Gasteiger partial charge in [0.05, 0.1) is 18.2 Å². The number of nitrogens with zero attached hydrogens (tertiary/aromatic N) is 2. The van der Waals surface area contributed by atoms with E-state index < -0.39 is 45.9 Å². The number of esters is 1. The van der Waals surface area contributed by atoms with E-state index in [9.17, 15) is 19.2 Å². The molecule has 0 aromatic heterocycles. The van der Waals surface area contributed by atoms with Crippen molar-refractivity contribution in [3.8, 4) is 0 Å². The largest absolute Gasteiger partial charge is 0.467 e. The van der Waals surface area contributed by atoms with Crippen molar-refractivity contribution in [2.24, 2.45) is 0 Å². The summed E-state index contributed by atoms with van der Waals surface area (Å²) in [5.41, 5.74) is 0.621. The molecule has 0 aliphatic carbocycles. The fourth-order valence-electron chi connectivity index (χ4n) is 3.78. The van der Waals surface area contributed by atoms with Crippen LogP contribution in [0.1, 0.15) is 34.6 Å². The fourth-order valence-corrected chi connectivity index (χ4v) is 5.45. The number of thioether (sulfide) groups is 1. The van der Waals surface area contributed by atoms with Crippen molar-refractivity contribution in [2.45, 2.75) is 36.1 Å². The lowest BCUT2D eigenvalue weighted by atomic mass is 9.95. The molecule has 3 amide bonds. The first-order valence-corrected chi connectivity index (χ1v) is 8.72. The maximum Gasteiger partial charge on any atom is 0.330 e. The Labute approximate surface area is 148 Å². The van der Waals surface area contributed by atoms with Gasteiger partial charge in [-0.2, -0.15) is 0 Å². The van der Waals surface area contributed by atoms with E-state index in [1.165, 1.54) is 23.8 Å². The zero-order valence-corrected chi connectivity index (χ0v) is 14.7. The molecular weight excluding hydrogens is 344 g/mol. The van der Waals surface area contributed by atoms with Crippen LogP contribution in [0.5, 0.6) is 0 Å². The highest BCUT2D eigenvalue weighted by atomic mass is 32.2. The zero-order valence-electron chi connectivity index (χ0n) is 13.9. The quantitative estimate of drug-likeness (QED) is 0.442. The van der Waals surface area contributed by atoms with Gasteiger partial charge in [-0.15, -0.1) is 11.8 Å². The first-order valence-electron chi connectivity index (χ1n) is 7.84. The number of ether oxygens (including phenoxy) is 1. The van der Waals surface area contributed by atoms with Gasteiger partial charge in [-0.05, 0) is 26.0 Å². The highest BCUT2D eigenvalue weighted by molar-refractivity contribution is 8.01. The lowest BCUT2D eigenvalue weighted by molar-refractivity contribution is -0.164. The third kappa shape index (κ3) is 1.94. The predicted octanol–water partition coefficient (Wildman–Crippen LogP) is 0.886. The third-order valence-electron chi connectivity index (χ3n) is 4.94. The number of benzene rings is 1. The summed E-state index contributed by atoms with van der Waals surface area (Å²) >= 11 is 1.41. The van der Waals surface area contributed by atoms with Crippen LogP contribution in [0.4, 0.5) is 0 Å². The average molecular weight is 360 g/mol. The summed E-state index contributed by atoms with van der Waals surface area (Å²) < 4.78 is 4.26. The van der Waals surface area contributed by atoms with Crippen LogP contribution in [0.3, 0.4) is 0 Å². The van der Waals surface area contributed by atoms with Gasteiger partial charge >= 0.3 is 5.97 Å². The van der Waals surface area contributed by atoms with Crippen LogP contribution in [0.2, 0.25) is 0 Å². The van der Waals surface area contributed by atoms with Crippen LogP contribution in [0.25, 0.3) is 0 Å². The molecule has 2 saturated heterocycles. The van der Waals surface area contributed by atoms with Crippen molar-refractivity contribution in [3.63, 3.8) is 0 Å². The minimum atomic E-state index is -0.883. The van der Waals surface area contributed by atoms with Gasteiger partial charge in [0.15, 0.2) is 0 Å². The molecule has 130 valence electrons. The Morgan fingerprint density at radius 3 is 2.20 bits per heavy atom. The standard InChI is InChI=1S/C17H16N2O5S/c1-17(2)11(16(23)24-3)19-14(22)10(15(19)25-17)18-12(20)8-6-4-5-7-9(8)13(18)21/h4-7,10-11,15H,1-3H3/t10-,11-,15+/m0/s1. The number of hydrogen-bond donors (Lipinski definition) is 0. The molecule has 3 atom stereocenters. The van der Waals surface area contributed by atoms with Gasteiger partial charge in [0.25, 0.3) is 17.7 Å². The maximum absolute atomic E-state index is 12.7. The second kappa shape index (κ2) is 5.08. The van der Waals surface area contributed by atoms with E-state index in [1.54, 1.807) is 24.3 Å². The Morgan fingerprint density at radius 1 is 1.12 bits per heavy atom. The minimum Gasteiger partial charge on any atom is -0.467 e. The number of imide groups is 1. The number of β-lactam (4-membered cyclic amide) rings is 1. The Balaban J connectivity index is 1.68. The first kappa shape index (κ1) is 16.1. The van der Waals surface area contributed by atoms with Gasteiger partial charge < -0.3 is 9.64 Å². The van der Waals surface area contributed by atoms with E-state index in [0.717, 1.165) is 4.90 Å². The Bertz CT molecular complexity index is 801. The van der Waals surface area contributed by atoms with E-state index in [-0.39, 0.29) is 0 Å². The summed E-state index contributed by atoms with van der Waals surface area (Å²) in [4.78, 5) is 52.6. The molecule has 1 aromatic carbocycles. The number of carbonyl (C=O) groups is 4. The van der Waals surface area contributed by atoms with Crippen LogP contribution in [0.15, 0.2) is 24.3 Å². The summed E-state index contributed by atoms with van der Waals surface area (Å²) in [5.74, 6) is -1.81. The summed E-state index contributed by atoms with van der Waals surface area (Å²) in [6.45, 7) is 3.70. The summed E-state index contributed by atoms with van der Waals surface area (Å²) in [6, 6.07) is 4.92. The third-order valence-corrected chi connectivity index (χ3v) is 6.50. The molecule has 3 aliphatic heterocycles. The number of carbonyl (C=O) groups excluding carboxylic acids is 4. The second-order valence-electron chi connectivity index (χ2n) is 6.75. The van der Waals surface area contributed by atoms with E-state index in [4.69, 9.17) is 4.74 Å². The molecule has 1 aromatic rings. The molecule has 0 bridgehead atoms. The molecule has 3 aliphatic rings. The molecule has 7 nitrogen and oxygen atoms in total. The van der Waals surface area contributed by atoms with Crippen molar-refractivity contribution in [3.05, 3.63) is 35.4 Å². The van der Waals surface area contributed by atoms with Crippen LogP contribution in [-0.4, -0.2) is 62.8 Å². The maximum atomic E-state index is 12.7. The predicted molar refractivity (Wildman–Crippen MR) is 88.8 cm³/mol. The highest BCUT2D eigenvalue weighted by Crippen LogP contribution is 2.53. The van der Waals surface area contributed by atoms with Gasteiger partial charge in [-0.3, -0.25) is 19.3 Å². The molecule has 3 heterocycles. The molecule has 0 N–H and O–H groups in total. The Hall–Kier alpha value is -2.35. The second-order valence-corrected chi connectivity index (χ2v) is 8.52. The van der Waals surface area contributed by atoms with Gasteiger partial charge in [0.1, 0.15) is 17.5 Å². The number of hydrogen-bond acceptors (Lipinski definition) is 6. The molecule has 4 rings (SSSR count). The number of rotatable bonds is 2. The number of methoxy groups -OCH3 is 1. The summed E-state index contributed by atoms with van der Waals surface area (Å²) in [6.07, 6.45) is 0. The van der Waals surface area contributed by atoms with E-state index in [2.05, 4.69) is 0 Å². The minimum absolute atomic E-state index is 0.311. The van der Waals surface area contributed by atoms with Crippen molar-refractivity contribution < 1.29 is 23.9 Å². The number of amides is 3. The first-order chi connectivity index (χ1) is 11.8. The van der Waals surface area contributed by atoms with Gasteiger partial charge in [0.2, 0.25) is 0 Å². The van der Waals surface area contributed by atoms with Gasteiger partial charge in [-0.25, -0.2) is 4.79 Å². The average Bonchev–Trinajstić information content (AvgIpc) is 2.98. The van der Waals surface area contributed by atoms with Crippen molar-refractivity contribution in [1.29, 1.82) is 0 Å². The van der Waals surface area contributed by atoms with E-state index in [1.807, 2.05) is 13.8 Å². The molecule has 2 fully saturated rings. The normalized spacial score (nSPS) is 29.4. The Kier molecular flexibility index (Phi) is 3.28. The van der Waals surface area contributed by atoms with E-state index in [0.29, 0.717) is 11.1 Å². The van der Waals surface area contributed by atoms with Crippen LogP contribution < -0.4 is 0 Å². The highest BCUT2D eigenvalue weighted by Gasteiger charge is 2.67. The smallest absolute Gasteiger partial charge is 0.330 e. The van der Waals surface area contributed by atoms with Crippen molar-refractivity contribution in [1.82, 2.24) is 9.80 Å². The van der Waals surface area contributed by atoms with Crippen molar-refractivity contribution >= 4 is 35.5 Å². The molecule has 25 heavy (non-hydrogen) atoms. The summed E-state index contributed by atoms with van der Waals surface area (Å²) in [5, 5.41) is -0.436. The lowest BCUT2D eigenvalue weighted by Gasteiger charge is -2.46. The van der Waals surface area contributed by atoms with Crippen molar-refractivity contribution in [2.75, 3.05) is 7.11 Å². The fraction of sp³-hybridized carbons (Fsp3) is 0.412. The van der Waals surface area contributed by atoms with E-state index >= 15 is 0 Å². The molecule has 0 spiro atoms. The van der Waals surface area contributed by atoms with Crippen LogP contribution >= 0.6 is 11.8 Å². The molecule has 8 heteroatoms. The molecule has 0 unspecified atom stereocenters. The molecule has 0 saturated carbocycles.